The average molecular weight is 240 g/mol. The molecule has 1 heterocycles. The molecule has 5 heteroatoms. The van der Waals surface area contributed by atoms with Gasteiger partial charge >= 0.3 is 0 Å². The predicted octanol–water partition coefficient (Wildman–Crippen LogP) is 3.05. The highest BCUT2D eigenvalue weighted by Gasteiger charge is 2.14. The van der Waals surface area contributed by atoms with Crippen LogP contribution in [-0.2, 0) is 5.33 Å². The quantitative estimate of drug-likeness (QED) is 0.724. The van der Waals surface area contributed by atoms with Crippen LogP contribution in [0.3, 0.4) is 0 Å². The number of alkyl halides is 3. The summed E-state index contributed by atoms with van der Waals surface area (Å²) in [4.78, 5) is 3.29. The van der Waals surface area contributed by atoms with Gasteiger partial charge in [0, 0.05) is 11.5 Å². The van der Waals surface area contributed by atoms with Crippen molar-refractivity contribution >= 4 is 15.9 Å². The van der Waals surface area contributed by atoms with Crippen molar-refractivity contribution in [3.8, 4) is 0 Å². The van der Waals surface area contributed by atoms with E-state index in [0.717, 1.165) is 6.07 Å². The smallest absolute Gasteiger partial charge is 0.252 e. The molecule has 0 amide bonds. The topological polar surface area (TPSA) is 12.9 Å². The Morgan fingerprint density at radius 3 is 2.58 bits per heavy atom. The minimum absolute atomic E-state index is 0.403. The van der Waals surface area contributed by atoms with E-state index in [4.69, 9.17) is 0 Å². The zero-order valence-corrected chi connectivity index (χ0v) is 7.48. The lowest BCUT2D eigenvalue weighted by molar-refractivity contribution is 0.140. The van der Waals surface area contributed by atoms with E-state index >= 15 is 0 Å². The molecule has 1 aromatic heterocycles. The first-order chi connectivity index (χ1) is 5.65. The van der Waals surface area contributed by atoms with Gasteiger partial charge in [0.25, 0.3) is 6.43 Å². The highest BCUT2D eigenvalue weighted by Crippen LogP contribution is 2.20. The fourth-order valence-corrected chi connectivity index (χ4v) is 1.03. The molecule has 0 fully saturated rings. The largest absolute Gasteiger partial charge is 0.283 e. The molecule has 1 rings (SSSR count). The molecule has 0 spiro atoms. The highest BCUT2D eigenvalue weighted by molar-refractivity contribution is 9.08. The molecule has 0 aromatic carbocycles. The molecule has 0 N–H and O–H groups in total. The number of halogens is 4. The summed E-state index contributed by atoms with van der Waals surface area (Å²) in [5.74, 6) is -0.957. The van der Waals surface area contributed by atoms with E-state index in [-0.39, 0.29) is 0 Å². The van der Waals surface area contributed by atoms with Gasteiger partial charge in [-0.1, -0.05) is 15.9 Å². The fraction of sp³-hybridized carbons (Fsp3) is 0.286. The van der Waals surface area contributed by atoms with E-state index in [1.165, 1.54) is 6.20 Å². The van der Waals surface area contributed by atoms with Crippen molar-refractivity contribution < 1.29 is 13.2 Å². The monoisotopic (exact) mass is 239 g/mol. The van der Waals surface area contributed by atoms with Gasteiger partial charge in [-0.2, -0.15) is 0 Å². The Morgan fingerprint density at radius 1 is 1.50 bits per heavy atom. The van der Waals surface area contributed by atoms with Crippen molar-refractivity contribution in [1.82, 2.24) is 4.98 Å². The molecule has 66 valence electrons. The summed E-state index contributed by atoms with van der Waals surface area (Å²) in [6.07, 6.45) is -1.63. The Kier molecular flexibility index (Phi) is 3.08. The lowest BCUT2D eigenvalue weighted by atomic mass is 10.2. The normalized spacial score (nSPS) is 10.8. The second kappa shape index (κ2) is 3.89. The molecule has 12 heavy (non-hydrogen) atoms. The van der Waals surface area contributed by atoms with Crippen LogP contribution in [-0.4, -0.2) is 4.98 Å². The third-order valence-electron chi connectivity index (χ3n) is 1.29. The summed E-state index contributed by atoms with van der Waals surface area (Å²) in [5.41, 5.74) is -0.253. The zero-order chi connectivity index (χ0) is 9.14. The van der Waals surface area contributed by atoms with Gasteiger partial charge < -0.3 is 0 Å². The van der Waals surface area contributed by atoms with Crippen LogP contribution in [0.15, 0.2) is 12.3 Å². The number of hydrogen-bond acceptors (Lipinski definition) is 1. The highest BCUT2D eigenvalue weighted by atomic mass is 79.9. The molecule has 0 aliphatic heterocycles. The van der Waals surface area contributed by atoms with E-state index in [1.807, 2.05) is 0 Å². The maximum Gasteiger partial charge on any atom is 0.283 e. The van der Waals surface area contributed by atoms with Gasteiger partial charge in [0.1, 0.15) is 5.69 Å². The van der Waals surface area contributed by atoms with E-state index in [1.54, 1.807) is 0 Å². The summed E-state index contributed by atoms with van der Waals surface area (Å²) in [5, 5.41) is 0.403. The molecule has 0 saturated carbocycles. The van der Waals surface area contributed by atoms with Crippen LogP contribution in [0.1, 0.15) is 17.7 Å². The summed E-state index contributed by atoms with van der Waals surface area (Å²) in [6.45, 7) is 0. The Balaban J connectivity index is 3.03. The van der Waals surface area contributed by atoms with Crippen LogP contribution in [0, 0.1) is 5.82 Å². The molecule has 0 radical (unpaired) electrons. The maximum absolute atomic E-state index is 12.7. The summed E-state index contributed by atoms with van der Waals surface area (Å²) >= 11 is 3.06. The number of aromatic nitrogens is 1. The molecule has 1 aromatic rings. The minimum atomic E-state index is -2.85. The molecule has 0 bridgehead atoms. The molecule has 1 nitrogen and oxygen atoms in total. The fourth-order valence-electron chi connectivity index (χ4n) is 0.722. The van der Waals surface area contributed by atoms with Crippen LogP contribution < -0.4 is 0 Å². The van der Waals surface area contributed by atoms with Crippen molar-refractivity contribution in [3.05, 3.63) is 29.3 Å². The average Bonchev–Trinajstić information content (AvgIpc) is 2.03. The standard InChI is InChI=1S/C7H5BrF3N/c8-2-4-1-5(9)6(7(10)11)12-3-4/h1,3,7H,2H2. The van der Waals surface area contributed by atoms with Crippen molar-refractivity contribution in [3.63, 3.8) is 0 Å². The Hall–Kier alpha value is -0.580. The molecule has 0 aliphatic rings. The van der Waals surface area contributed by atoms with Gasteiger partial charge in [0.2, 0.25) is 0 Å². The first kappa shape index (κ1) is 9.51. The predicted molar refractivity (Wildman–Crippen MR) is 41.8 cm³/mol. The van der Waals surface area contributed by atoms with Crippen LogP contribution >= 0.6 is 15.9 Å². The van der Waals surface area contributed by atoms with E-state index < -0.39 is 17.9 Å². The Morgan fingerprint density at radius 2 is 2.17 bits per heavy atom. The van der Waals surface area contributed by atoms with Crippen LogP contribution in [0.2, 0.25) is 0 Å². The van der Waals surface area contributed by atoms with Gasteiger partial charge in [0.05, 0.1) is 0 Å². The summed E-state index contributed by atoms with van der Waals surface area (Å²) in [6, 6.07) is 1.04. The first-order valence-corrected chi connectivity index (χ1v) is 4.25. The van der Waals surface area contributed by atoms with Crippen molar-refractivity contribution in [1.29, 1.82) is 0 Å². The Bertz CT molecular complexity index is 277. The summed E-state index contributed by atoms with van der Waals surface area (Å²) < 4.78 is 36.6. The van der Waals surface area contributed by atoms with Gasteiger partial charge in [-0.25, -0.2) is 13.2 Å². The van der Waals surface area contributed by atoms with Crippen molar-refractivity contribution in [2.24, 2.45) is 0 Å². The third kappa shape index (κ3) is 1.97. The Labute approximate surface area is 75.7 Å². The van der Waals surface area contributed by atoms with Gasteiger partial charge in [0.15, 0.2) is 5.82 Å². The number of nitrogens with zero attached hydrogens (tertiary/aromatic N) is 1. The maximum atomic E-state index is 12.7. The lowest BCUT2D eigenvalue weighted by Crippen LogP contribution is -1.96. The molecule has 0 aliphatic carbocycles. The van der Waals surface area contributed by atoms with Gasteiger partial charge in [-0.15, -0.1) is 0 Å². The van der Waals surface area contributed by atoms with Crippen LogP contribution in [0.5, 0.6) is 0 Å². The van der Waals surface area contributed by atoms with Crippen molar-refractivity contribution in [2.45, 2.75) is 11.8 Å². The van der Waals surface area contributed by atoms with Crippen molar-refractivity contribution in [2.75, 3.05) is 0 Å². The first-order valence-electron chi connectivity index (χ1n) is 3.13. The molecular weight excluding hydrogens is 235 g/mol. The summed E-state index contributed by atoms with van der Waals surface area (Å²) in [7, 11) is 0. The number of hydrogen-bond donors (Lipinski definition) is 0. The van der Waals surface area contributed by atoms with E-state index in [9.17, 15) is 13.2 Å². The SMILES string of the molecule is Fc1cc(CBr)cnc1C(F)F. The lowest BCUT2D eigenvalue weighted by Gasteiger charge is -2.01. The molecule has 0 atom stereocenters. The number of pyridine rings is 1. The van der Waals surface area contributed by atoms with Gasteiger partial charge in [-0.05, 0) is 11.6 Å². The van der Waals surface area contributed by atoms with Gasteiger partial charge in [-0.3, -0.25) is 4.98 Å². The number of rotatable bonds is 2. The van der Waals surface area contributed by atoms with Crippen LogP contribution in [0.4, 0.5) is 13.2 Å². The minimum Gasteiger partial charge on any atom is -0.252 e. The molecular formula is C7H5BrF3N. The van der Waals surface area contributed by atoms with E-state index in [2.05, 4.69) is 20.9 Å². The van der Waals surface area contributed by atoms with Crippen LogP contribution in [0.25, 0.3) is 0 Å². The molecule has 0 saturated heterocycles. The second-order valence-corrected chi connectivity index (χ2v) is 2.71. The zero-order valence-electron chi connectivity index (χ0n) is 5.90. The second-order valence-electron chi connectivity index (χ2n) is 2.14. The van der Waals surface area contributed by atoms with E-state index in [0.29, 0.717) is 10.9 Å². The third-order valence-corrected chi connectivity index (χ3v) is 1.93. The molecule has 0 unspecified atom stereocenters.